The molecule has 242 valence electrons. The van der Waals surface area contributed by atoms with Crippen molar-refractivity contribution in [2.75, 3.05) is 25.2 Å². The highest BCUT2D eigenvalue weighted by molar-refractivity contribution is 7.99. The van der Waals surface area contributed by atoms with Crippen LogP contribution >= 0.6 is 11.8 Å². The zero-order chi connectivity index (χ0) is 31.7. The van der Waals surface area contributed by atoms with E-state index in [-0.39, 0.29) is 43.0 Å². The zero-order valence-corrected chi connectivity index (χ0v) is 27.1. The predicted octanol–water partition coefficient (Wildman–Crippen LogP) is 5.77. The van der Waals surface area contributed by atoms with E-state index < -0.39 is 18.3 Å². The maximum Gasteiger partial charge on any atom is 0.305 e. The van der Waals surface area contributed by atoms with E-state index in [1.54, 1.807) is 31.0 Å². The van der Waals surface area contributed by atoms with Crippen molar-refractivity contribution in [1.29, 1.82) is 0 Å². The number of ether oxygens (including phenoxy) is 2. The van der Waals surface area contributed by atoms with Gasteiger partial charge in [-0.3, -0.25) is 9.59 Å². The lowest BCUT2D eigenvalue weighted by Gasteiger charge is -2.18. The van der Waals surface area contributed by atoms with Crippen LogP contribution in [0.2, 0.25) is 0 Å². The maximum atomic E-state index is 12.6. The fourth-order valence-electron chi connectivity index (χ4n) is 5.63. The molecule has 0 aromatic heterocycles. The predicted molar refractivity (Wildman–Crippen MR) is 175 cm³/mol. The van der Waals surface area contributed by atoms with Gasteiger partial charge in [0.25, 0.3) is 0 Å². The van der Waals surface area contributed by atoms with Crippen LogP contribution in [0.3, 0.4) is 0 Å². The molecule has 0 spiro atoms. The van der Waals surface area contributed by atoms with Gasteiger partial charge in [-0.1, -0.05) is 80.4 Å². The van der Waals surface area contributed by atoms with Crippen LogP contribution in [0, 0.1) is 11.8 Å². The number of benzene rings is 2. The summed E-state index contributed by atoms with van der Waals surface area (Å²) < 4.78 is 10.5. The van der Waals surface area contributed by atoms with Crippen molar-refractivity contribution in [1.82, 2.24) is 0 Å². The number of rotatable bonds is 20. The molecule has 0 radical (unpaired) electrons. The van der Waals surface area contributed by atoms with E-state index >= 15 is 0 Å². The van der Waals surface area contributed by atoms with Crippen molar-refractivity contribution in [2.24, 2.45) is 11.8 Å². The average molecular weight is 627 g/mol. The lowest BCUT2D eigenvalue weighted by molar-refractivity contribution is -0.146. The lowest BCUT2D eigenvalue weighted by atomic mass is 9.91. The van der Waals surface area contributed by atoms with Crippen LogP contribution in [0.25, 0.3) is 0 Å². The third-order valence-corrected chi connectivity index (χ3v) is 9.22. The largest absolute Gasteiger partial charge is 0.463 e. The van der Waals surface area contributed by atoms with Crippen molar-refractivity contribution in [2.45, 2.75) is 89.6 Å². The summed E-state index contributed by atoms with van der Waals surface area (Å²) in [5.41, 5.74) is 4.03. The molecule has 0 bridgehead atoms. The summed E-state index contributed by atoms with van der Waals surface area (Å²) in [6, 6.07) is 15.7. The van der Waals surface area contributed by atoms with Crippen LogP contribution in [0.5, 0.6) is 0 Å². The number of methoxy groups -OCH3 is 1. The van der Waals surface area contributed by atoms with Gasteiger partial charge in [-0.2, -0.15) is 11.8 Å². The van der Waals surface area contributed by atoms with Gasteiger partial charge in [0.15, 0.2) is 0 Å². The lowest BCUT2D eigenvalue weighted by Crippen LogP contribution is -2.20. The quantitative estimate of drug-likeness (QED) is 0.0965. The minimum Gasteiger partial charge on any atom is -0.463 e. The molecule has 8 heteroatoms. The Morgan fingerprint density at radius 3 is 2.57 bits per heavy atom. The van der Waals surface area contributed by atoms with Crippen LogP contribution in [-0.4, -0.2) is 64.5 Å². The molecule has 1 aliphatic carbocycles. The van der Waals surface area contributed by atoms with Crippen LogP contribution < -0.4 is 0 Å². The fraction of sp³-hybridized carbons (Fsp3) is 0.556. The Hall–Kier alpha value is -2.49. The highest BCUT2D eigenvalue weighted by atomic mass is 32.2. The van der Waals surface area contributed by atoms with Gasteiger partial charge in [-0.05, 0) is 59.4 Å². The van der Waals surface area contributed by atoms with E-state index in [1.165, 1.54) is 18.4 Å². The first kappa shape index (κ1) is 36.0. The molecule has 5 atom stereocenters. The number of hydrogen-bond acceptors (Lipinski definition) is 8. The van der Waals surface area contributed by atoms with Crippen molar-refractivity contribution >= 4 is 23.5 Å². The molecule has 0 heterocycles. The molecule has 44 heavy (non-hydrogen) atoms. The second-order valence-corrected chi connectivity index (χ2v) is 13.0. The van der Waals surface area contributed by atoms with Crippen molar-refractivity contribution in [3.05, 3.63) is 82.9 Å². The monoisotopic (exact) mass is 626 g/mol. The number of ketones is 1. The molecule has 2 aromatic rings. The number of Topliss-reactive ketones (excluding diaryl/α,β-unsaturated/α-hetero) is 1. The van der Waals surface area contributed by atoms with Crippen LogP contribution in [0.1, 0.15) is 80.2 Å². The summed E-state index contributed by atoms with van der Waals surface area (Å²) >= 11 is 1.67. The summed E-state index contributed by atoms with van der Waals surface area (Å²) in [6.45, 7) is 2.64. The standard InChI is InChI=1S/C36H50O7S/c1-3-4-5-8-26-12-14-29(15-13-26)35(40)25-43-36(41)11-7-19-44-20-18-32-31(33(38)23-34(32)39)17-16-30(37)22-27-9-6-10-28(21-27)24-42-2/h6,9-10,12-17,21,30-33,35,37-38,40H,3-5,7-8,11,18-20,22-25H2,1-2H3/b17-16+/t30-,31-,32-,33-,35?/m1/s1. The molecule has 1 saturated carbocycles. The summed E-state index contributed by atoms with van der Waals surface area (Å²) in [5, 5.41) is 31.5. The van der Waals surface area contributed by atoms with Gasteiger partial charge in [0, 0.05) is 38.2 Å². The molecule has 0 aliphatic heterocycles. The van der Waals surface area contributed by atoms with E-state index in [2.05, 4.69) is 6.92 Å². The number of aliphatic hydroxyl groups excluding tert-OH is 3. The molecule has 1 fully saturated rings. The highest BCUT2D eigenvalue weighted by Crippen LogP contribution is 2.34. The van der Waals surface area contributed by atoms with Gasteiger partial charge in [-0.15, -0.1) is 0 Å². The Morgan fingerprint density at radius 2 is 1.82 bits per heavy atom. The smallest absolute Gasteiger partial charge is 0.305 e. The third-order valence-electron chi connectivity index (χ3n) is 8.11. The maximum absolute atomic E-state index is 12.6. The molecule has 2 aromatic carbocycles. The SMILES string of the molecule is CCCCCc1ccc(C(O)COC(=O)CCCSCC[C@H]2C(=O)C[C@@H](O)[C@@H]2/C=C/[C@@H](O)Cc2cccc(COC)c2)cc1. The van der Waals surface area contributed by atoms with Gasteiger partial charge in [0.2, 0.25) is 0 Å². The molecule has 3 rings (SSSR count). The number of hydrogen-bond donors (Lipinski definition) is 3. The minimum absolute atomic E-state index is 0.0581. The Labute approximate surface area is 267 Å². The molecule has 0 amide bonds. The molecule has 7 nitrogen and oxygen atoms in total. The Balaban J connectivity index is 1.32. The number of thioether (sulfide) groups is 1. The number of unbranched alkanes of at least 4 members (excludes halogenated alkanes) is 2. The second-order valence-electron chi connectivity index (χ2n) is 11.7. The summed E-state index contributed by atoms with van der Waals surface area (Å²) in [6.07, 6.45) is 7.94. The Kier molecular flexibility index (Phi) is 16.2. The topological polar surface area (TPSA) is 113 Å². The Bertz CT molecular complexity index is 1170. The van der Waals surface area contributed by atoms with Gasteiger partial charge in [0.05, 0.1) is 18.8 Å². The first-order valence-electron chi connectivity index (χ1n) is 15.9. The van der Waals surface area contributed by atoms with Crippen molar-refractivity contribution in [3.63, 3.8) is 0 Å². The van der Waals surface area contributed by atoms with Gasteiger partial charge < -0.3 is 24.8 Å². The number of aliphatic hydroxyl groups is 3. The second kappa shape index (κ2) is 19.8. The zero-order valence-electron chi connectivity index (χ0n) is 26.2. The molecule has 1 unspecified atom stereocenters. The summed E-state index contributed by atoms with van der Waals surface area (Å²) in [7, 11) is 1.65. The van der Waals surface area contributed by atoms with E-state index in [1.807, 2.05) is 48.5 Å². The molecular formula is C36H50O7S. The molecule has 3 N–H and O–H groups in total. The summed E-state index contributed by atoms with van der Waals surface area (Å²) in [5.74, 6) is 0.637. The Morgan fingerprint density at radius 1 is 1.05 bits per heavy atom. The first-order chi connectivity index (χ1) is 21.3. The normalized spacial score (nSPS) is 19.8. The van der Waals surface area contributed by atoms with Crippen molar-refractivity contribution < 1.29 is 34.4 Å². The van der Waals surface area contributed by atoms with Crippen LogP contribution in [0.15, 0.2) is 60.7 Å². The average Bonchev–Trinajstić information content (AvgIpc) is 3.28. The fourth-order valence-corrected chi connectivity index (χ4v) is 6.60. The minimum atomic E-state index is -0.840. The van der Waals surface area contributed by atoms with E-state index in [0.717, 1.165) is 41.0 Å². The highest BCUT2D eigenvalue weighted by Gasteiger charge is 2.39. The van der Waals surface area contributed by atoms with Crippen molar-refractivity contribution in [3.8, 4) is 0 Å². The van der Waals surface area contributed by atoms with E-state index in [9.17, 15) is 24.9 Å². The van der Waals surface area contributed by atoms with E-state index in [0.29, 0.717) is 25.9 Å². The number of carbonyl (C=O) groups is 2. The van der Waals surface area contributed by atoms with E-state index in [4.69, 9.17) is 9.47 Å². The molecular weight excluding hydrogens is 576 g/mol. The van der Waals surface area contributed by atoms with Gasteiger partial charge >= 0.3 is 5.97 Å². The van der Waals surface area contributed by atoms with Crippen LogP contribution in [-0.2, 0) is 38.5 Å². The van der Waals surface area contributed by atoms with Gasteiger partial charge in [-0.25, -0.2) is 0 Å². The molecule has 1 aliphatic rings. The third kappa shape index (κ3) is 12.5. The first-order valence-corrected chi connectivity index (χ1v) is 17.1. The number of esters is 1. The number of aryl methyl sites for hydroxylation is 1. The van der Waals surface area contributed by atoms with Crippen LogP contribution in [0.4, 0.5) is 0 Å². The van der Waals surface area contributed by atoms with Gasteiger partial charge in [0.1, 0.15) is 18.5 Å². The number of carbonyl (C=O) groups excluding carboxylic acids is 2. The summed E-state index contributed by atoms with van der Waals surface area (Å²) in [4.78, 5) is 24.8. The molecule has 0 saturated heterocycles.